The van der Waals surface area contributed by atoms with E-state index < -0.39 is 0 Å². The summed E-state index contributed by atoms with van der Waals surface area (Å²) in [4.78, 5) is 14.8. The highest BCUT2D eigenvalue weighted by Crippen LogP contribution is 2.38. The molecule has 1 N–H and O–H groups in total. The first-order valence-corrected chi connectivity index (χ1v) is 6.98. The summed E-state index contributed by atoms with van der Waals surface area (Å²) < 4.78 is 0. The van der Waals surface area contributed by atoms with E-state index in [2.05, 4.69) is 40.7 Å². The second-order valence-corrected chi connectivity index (χ2v) is 5.78. The molecule has 4 nitrogen and oxygen atoms in total. The van der Waals surface area contributed by atoms with Crippen LogP contribution in [0.1, 0.15) is 18.9 Å². The highest BCUT2D eigenvalue weighted by molar-refractivity contribution is 7.99. The lowest BCUT2D eigenvalue weighted by Gasteiger charge is -2.20. The van der Waals surface area contributed by atoms with E-state index in [9.17, 15) is 4.79 Å². The molecule has 0 bridgehead atoms. The number of nitrogens with zero attached hydrogens (tertiary/aromatic N) is 2. The van der Waals surface area contributed by atoms with E-state index in [0.29, 0.717) is 6.42 Å². The van der Waals surface area contributed by atoms with E-state index in [1.54, 1.807) is 0 Å². The Morgan fingerprint density at radius 1 is 1.50 bits per heavy atom. The number of fused-ring (bicyclic) bond motifs is 1. The van der Waals surface area contributed by atoms with Gasteiger partial charge in [0.2, 0.25) is 5.91 Å². The average Bonchev–Trinajstić information content (AvgIpc) is 2.71. The standard InChI is InChI=1S/C13H15N3OS/c1-8-5-12(17)14-15-13(8)9-3-4-11-10(6-9)16(2)7-18-11/h3-4,6,8H,5,7H2,1-2H3,(H,14,17). The zero-order valence-electron chi connectivity index (χ0n) is 10.4. The molecule has 0 spiro atoms. The monoisotopic (exact) mass is 261 g/mol. The van der Waals surface area contributed by atoms with Crippen LogP contribution in [-0.4, -0.2) is 24.5 Å². The fraction of sp³-hybridized carbons (Fsp3) is 0.385. The summed E-state index contributed by atoms with van der Waals surface area (Å²) in [6.07, 6.45) is 0.514. The Bertz CT molecular complexity index is 541. The lowest BCUT2D eigenvalue weighted by atomic mass is 9.94. The summed E-state index contributed by atoms with van der Waals surface area (Å²) in [7, 11) is 2.09. The Kier molecular flexibility index (Phi) is 2.78. The molecule has 2 aliphatic rings. The van der Waals surface area contributed by atoms with Crippen LogP contribution >= 0.6 is 11.8 Å². The normalized spacial score (nSPS) is 22.6. The van der Waals surface area contributed by atoms with E-state index in [4.69, 9.17) is 0 Å². The highest BCUT2D eigenvalue weighted by Gasteiger charge is 2.24. The summed E-state index contributed by atoms with van der Waals surface area (Å²) >= 11 is 1.85. The first-order chi connectivity index (χ1) is 8.65. The quantitative estimate of drug-likeness (QED) is 0.841. The van der Waals surface area contributed by atoms with Crippen LogP contribution in [0.3, 0.4) is 0 Å². The summed E-state index contributed by atoms with van der Waals surface area (Å²) in [5.41, 5.74) is 5.91. The molecule has 0 aromatic heterocycles. The topological polar surface area (TPSA) is 44.7 Å². The first-order valence-electron chi connectivity index (χ1n) is 6.00. The molecule has 94 valence electrons. The van der Waals surface area contributed by atoms with Crippen molar-refractivity contribution in [2.45, 2.75) is 18.2 Å². The number of nitrogens with one attached hydrogen (secondary N) is 1. The fourth-order valence-electron chi connectivity index (χ4n) is 2.34. The number of benzene rings is 1. The summed E-state index contributed by atoms with van der Waals surface area (Å²) in [6, 6.07) is 6.41. The highest BCUT2D eigenvalue weighted by atomic mass is 32.2. The van der Waals surface area contributed by atoms with Gasteiger partial charge in [-0.15, -0.1) is 11.8 Å². The molecule has 2 aliphatic heterocycles. The Labute approximate surface area is 110 Å². The average molecular weight is 261 g/mol. The van der Waals surface area contributed by atoms with Crippen molar-refractivity contribution in [2.75, 3.05) is 17.8 Å². The predicted molar refractivity (Wildman–Crippen MR) is 74.0 cm³/mol. The molecule has 5 heteroatoms. The maximum Gasteiger partial charge on any atom is 0.240 e. The Hall–Kier alpha value is -1.49. The third-order valence-electron chi connectivity index (χ3n) is 3.34. The van der Waals surface area contributed by atoms with Crippen molar-refractivity contribution < 1.29 is 4.79 Å². The van der Waals surface area contributed by atoms with Crippen LogP contribution in [0.15, 0.2) is 28.2 Å². The zero-order chi connectivity index (χ0) is 12.7. The van der Waals surface area contributed by atoms with E-state index >= 15 is 0 Å². The molecule has 0 aliphatic carbocycles. The number of hydrogen-bond donors (Lipinski definition) is 1. The van der Waals surface area contributed by atoms with Crippen molar-refractivity contribution in [1.82, 2.24) is 5.43 Å². The molecule has 1 aromatic carbocycles. The van der Waals surface area contributed by atoms with Gasteiger partial charge in [-0.1, -0.05) is 13.0 Å². The SMILES string of the molecule is CC1CC(=O)NN=C1c1ccc2c(c1)N(C)CS2. The number of carbonyl (C=O) groups is 1. The number of rotatable bonds is 1. The maximum absolute atomic E-state index is 11.3. The number of anilines is 1. The zero-order valence-corrected chi connectivity index (χ0v) is 11.3. The van der Waals surface area contributed by atoms with Gasteiger partial charge in [-0.3, -0.25) is 4.79 Å². The lowest BCUT2D eigenvalue weighted by molar-refractivity contribution is -0.121. The molecule has 0 saturated carbocycles. The van der Waals surface area contributed by atoms with Gasteiger partial charge >= 0.3 is 0 Å². The molecular formula is C13H15N3OS. The molecular weight excluding hydrogens is 246 g/mol. The molecule has 0 saturated heterocycles. The van der Waals surface area contributed by atoms with Gasteiger partial charge < -0.3 is 4.90 Å². The smallest absolute Gasteiger partial charge is 0.240 e. The van der Waals surface area contributed by atoms with Gasteiger partial charge in [0.05, 0.1) is 17.3 Å². The second-order valence-electron chi connectivity index (χ2n) is 4.79. The van der Waals surface area contributed by atoms with Crippen LogP contribution in [0.25, 0.3) is 0 Å². The van der Waals surface area contributed by atoms with Crippen LogP contribution in [0.4, 0.5) is 5.69 Å². The Morgan fingerprint density at radius 3 is 3.11 bits per heavy atom. The van der Waals surface area contributed by atoms with Gasteiger partial charge in [0, 0.05) is 29.8 Å². The maximum atomic E-state index is 11.3. The van der Waals surface area contributed by atoms with Crippen molar-refractivity contribution >= 4 is 29.1 Å². The van der Waals surface area contributed by atoms with E-state index in [1.165, 1.54) is 10.6 Å². The third-order valence-corrected chi connectivity index (χ3v) is 4.51. The summed E-state index contributed by atoms with van der Waals surface area (Å²) in [6.45, 7) is 2.04. The van der Waals surface area contributed by atoms with Crippen LogP contribution in [0.5, 0.6) is 0 Å². The molecule has 1 atom stereocenters. The summed E-state index contributed by atoms with van der Waals surface area (Å²) in [5, 5.41) is 4.20. The predicted octanol–water partition coefficient (Wildman–Crippen LogP) is 2.05. The van der Waals surface area contributed by atoms with Gasteiger partial charge in [0.25, 0.3) is 0 Å². The third kappa shape index (κ3) is 1.88. The van der Waals surface area contributed by atoms with Crippen molar-refractivity contribution in [3.05, 3.63) is 23.8 Å². The van der Waals surface area contributed by atoms with Gasteiger partial charge in [-0.05, 0) is 12.1 Å². The molecule has 1 aromatic rings. The van der Waals surface area contributed by atoms with Crippen molar-refractivity contribution in [3.63, 3.8) is 0 Å². The molecule has 1 unspecified atom stereocenters. The Balaban J connectivity index is 1.98. The summed E-state index contributed by atoms with van der Waals surface area (Å²) in [5.74, 6) is 1.17. The van der Waals surface area contributed by atoms with Gasteiger partial charge in [0.15, 0.2) is 0 Å². The molecule has 0 radical (unpaired) electrons. The first kappa shape index (κ1) is 11.6. The minimum atomic E-state index is 0.0000774. The molecule has 0 fully saturated rings. The minimum Gasteiger partial charge on any atom is -0.364 e. The molecule has 3 rings (SSSR count). The van der Waals surface area contributed by atoms with Crippen molar-refractivity contribution in [2.24, 2.45) is 11.0 Å². The van der Waals surface area contributed by atoms with Gasteiger partial charge in [-0.25, -0.2) is 5.43 Å². The van der Waals surface area contributed by atoms with Crippen LogP contribution in [0, 0.1) is 5.92 Å². The Morgan fingerprint density at radius 2 is 2.33 bits per heavy atom. The molecule has 18 heavy (non-hydrogen) atoms. The number of hydrazone groups is 1. The number of hydrogen-bond acceptors (Lipinski definition) is 4. The molecule has 1 amide bonds. The van der Waals surface area contributed by atoms with Gasteiger partial charge in [-0.2, -0.15) is 5.10 Å². The van der Waals surface area contributed by atoms with E-state index in [-0.39, 0.29) is 11.8 Å². The number of thioether (sulfide) groups is 1. The van der Waals surface area contributed by atoms with E-state index in [1.807, 2.05) is 18.7 Å². The van der Waals surface area contributed by atoms with Gasteiger partial charge in [0.1, 0.15) is 0 Å². The fourth-order valence-corrected chi connectivity index (χ4v) is 3.33. The van der Waals surface area contributed by atoms with Crippen LogP contribution in [-0.2, 0) is 4.79 Å². The lowest BCUT2D eigenvalue weighted by Crippen LogP contribution is -2.32. The molecule has 2 heterocycles. The second kappa shape index (κ2) is 4.31. The van der Waals surface area contributed by atoms with E-state index in [0.717, 1.165) is 17.2 Å². The van der Waals surface area contributed by atoms with Crippen molar-refractivity contribution in [1.29, 1.82) is 0 Å². The van der Waals surface area contributed by atoms with Crippen LogP contribution < -0.4 is 10.3 Å². The largest absolute Gasteiger partial charge is 0.364 e. The number of carbonyl (C=O) groups excluding carboxylic acids is 1. The minimum absolute atomic E-state index is 0.0000774. The van der Waals surface area contributed by atoms with Crippen molar-refractivity contribution in [3.8, 4) is 0 Å². The number of amides is 1. The van der Waals surface area contributed by atoms with Crippen LogP contribution in [0.2, 0.25) is 0 Å².